The van der Waals surface area contributed by atoms with Crippen LogP contribution in [0.3, 0.4) is 0 Å². The van der Waals surface area contributed by atoms with Crippen molar-refractivity contribution in [2.75, 3.05) is 0 Å². The zero-order chi connectivity index (χ0) is 21.1. The molecule has 1 heterocycles. The van der Waals surface area contributed by atoms with Crippen LogP contribution in [-0.2, 0) is 17.8 Å². The van der Waals surface area contributed by atoms with Gasteiger partial charge in [-0.1, -0.05) is 54.6 Å². The fourth-order valence-corrected chi connectivity index (χ4v) is 3.73. The quantitative estimate of drug-likeness (QED) is 0.497. The molecule has 1 N–H and O–H groups in total. The van der Waals surface area contributed by atoms with Crippen molar-refractivity contribution in [3.8, 4) is 0 Å². The lowest BCUT2D eigenvalue weighted by atomic mass is 10.1. The summed E-state index contributed by atoms with van der Waals surface area (Å²) in [4.78, 5) is 17.4. The molecule has 0 aliphatic heterocycles. The van der Waals surface area contributed by atoms with E-state index in [1.165, 1.54) is 6.07 Å². The van der Waals surface area contributed by atoms with Crippen molar-refractivity contribution in [2.24, 2.45) is 0 Å². The van der Waals surface area contributed by atoms with E-state index in [1.54, 1.807) is 12.1 Å². The van der Waals surface area contributed by atoms with Gasteiger partial charge in [-0.25, -0.2) is 9.37 Å². The molecule has 0 saturated heterocycles. The van der Waals surface area contributed by atoms with E-state index >= 15 is 0 Å². The Kier molecular flexibility index (Phi) is 5.61. The Balaban J connectivity index is 1.62. The van der Waals surface area contributed by atoms with Gasteiger partial charge in [0, 0.05) is 5.56 Å². The van der Waals surface area contributed by atoms with E-state index in [0.717, 1.165) is 22.2 Å². The normalized spacial score (nSPS) is 12.1. The highest BCUT2D eigenvalue weighted by Crippen LogP contribution is 2.23. The van der Waals surface area contributed by atoms with Gasteiger partial charge in [-0.15, -0.1) is 0 Å². The molecule has 4 aromatic rings. The number of rotatable bonds is 6. The van der Waals surface area contributed by atoms with Crippen LogP contribution >= 0.6 is 0 Å². The van der Waals surface area contributed by atoms with Crippen molar-refractivity contribution >= 4 is 16.9 Å². The predicted octanol–water partition coefficient (Wildman–Crippen LogP) is 4.95. The fraction of sp³-hybridized carbons (Fsp3) is 0.200. The number of para-hydroxylation sites is 2. The Morgan fingerprint density at radius 2 is 1.67 bits per heavy atom. The second-order valence-electron chi connectivity index (χ2n) is 7.53. The molecule has 1 amide bonds. The van der Waals surface area contributed by atoms with Crippen molar-refractivity contribution in [1.82, 2.24) is 14.9 Å². The topological polar surface area (TPSA) is 46.9 Å². The van der Waals surface area contributed by atoms with Crippen LogP contribution in [0, 0.1) is 12.7 Å². The van der Waals surface area contributed by atoms with Crippen LogP contribution in [0.25, 0.3) is 11.0 Å². The molecule has 30 heavy (non-hydrogen) atoms. The lowest BCUT2D eigenvalue weighted by Gasteiger charge is -2.17. The van der Waals surface area contributed by atoms with Crippen molar-refractivity contribution in [3.63, 3.8) is 0 Å². The van der Waals surface area contributed by atoms with Crippen molar-refractivity contribution in [3.05, 3.63) is 101 Å². The van der Waals surface area contributed by atoms with Gasteiger partial charge in [0.2, 0.25) is 5.91 Å². The van der Waals surface area contributed by atoms with E-state index in [-0.39, 0.29) is 17.8 Å². The van der Waals surface area contributed by atoms with Gasteiger partial charge in [0.25, 0.3) is 0 Å². The number of hydrogen-bond donors (Lipinski definition) is 1. The Morgan fingerprint density at radius 3 is 2.43 bits per heavy atom. The van der Waals surface area contributed by atoms with E-state index < -0.39 is 0 Å². The lowest BCUT2D eigenvalue weighted by Crippen LogP contribution is -2.30. The summed E-state index contributed by atoms with van der Waals surface area (Å²) in [6, 6.07) is 22.0. The van der Waals surface area contributed by atoms with Crippen LogP contribution in [0.4, 0.5) is 4.39 Å². The van der Waals surface area contributed by atoms with Crippen LogP contribution < -0.4 is 5.32 Å². The number of hydrogen-bond acceptors (Lipinski definition) is 2. The van der Waals surface area contributed by atoms with E-state index in [9.17, 15) is 9.18 Å². The van der Waals surface area contributed by atoms with Crippen molar-refractivity contribution in [1.29, 1.82) is 0 Å². The number of halogens is 1. The minimum Gasteiger partial charge on any atom is -0.346 e. The molecule has 0 saturated carbocycles. The highest BCUT2D eigenvalue weighted by molar-refractivity contribution is 5.80. The zero-order valence-corrected chi connectivity index (χ0v) is 17.1. The number of carbonyl (C=O) groups is 1. The first-order chi connectivity index (χ1) is 14.5. The number of fused-ring (bicyclic) bond motifs is 1. The third kappa shape index (κ3) is 4.10. The summed E-state index contributed by atoms with van der Waals surface area (Å²) < 4.78 is 16.3. The molecule has 0 bridgehead atoms. The number of nitrogens with one attached hydrogen (secondary N) is 1. The van der Waals surface area contributed by atoms with Gasteiger partial charge in [-0.2, -0.15) is 0 Å². The summed E-state index contributed by atoms with van der Waals surface area (Å²) in [7, 11) is 0. The van der Waals surface area contributed by atoms with Gasteiger partial charge in [0.15, 0.2) is 0 Å². The van der Waals surface area contributed by atoms with Crippen LogP contribution in [0.1, 0.15) is 35.5 Å². The number of aryl methyl sites for hydroxylation is 1. The molecule has 4 nitrogen and oxygen atoms in total. The average molecular weight is 401 g/mol. The molecular formula is C25H24FN3O. The SMILES string of the molecule is Cc1ccccc1CC(=O)NC(C)c1nc2ccccc2n1Cc1ccccc1F. The molecule has 5 heteroatoms. The minimum absolute atomic E-state index is 0.0682. The summed E-state index contributed by atoms with van der Waals surface area (Å²) in [6.07, 6.45) is 0.310. The molecule has 4 rings (SSSR count). The smallest absolute Gasteiger partial charge is 0.225 e. The number of carbonyl (C=O) groups excluding carboxylic acids is 1. The summed E-state index contributed by atoms with van der Waals surface area (Å²) >= 11 is 0. The molecule has 1 unspecified atom stereocenters. The maximum absolute atomic E-state index is 14.3. The lowest BCUT2D eigenvalue weighted by molar-refractivity contribution is -0.121. The van der Waals surface area contributed by atoms with E-state index in [2.05, 4.69) is 5.32 Å². The summed E-state index contributed by atoms with van der Waals surface area (Å²) in [5.74, 6) is 0.386. The van der Waals surface area contributed by atoms with Crippen molar-refractivity contribution < 1.29 is 9.18 Å². The molecule has 3 aromatic carbocycles. The van der Waals surface area contributed by atoms with E-state index in [0.29, 0.717) is 24.4 Å². The molecule has 0 spiro atoms. The number of benzene rings is 3. The van der Waals surface area contributed by atoms with Gasteiger partial charge in [0.05, 0.1) is 30.0 Å². The molecule has 1 aromatic heterocycles. The first-order valence-electron chi connectivity index (χ1n) is 10.1. The Morgan fingerprint density at radius 1 is 1.00 bits per heavy atom. The summed E-state index contributed by atoms with van der Waals surface area (Å²) in [6.45, 7) is 4.26. The highest BCUT2D eigenvalue weighted by atomic mass is 19.1. The Labute approximate surface area is 175 Å². The molecule has 0 fully saturated rings. The number of aromatic nitrogens is 2. The monoisotopic (exact) mass is 401 g/mol. The van der Waals surface area contributed by atoms with Gasteiger partial charge in [0.1, 0.15) is 11.6 Å². The molecule has 0 aliphatic rings. The Bertz CT molecular complexity index is 1200. The van der Waals surface area contributed by atoms with Crippen LogP contribution in [0.2, 0.25) is 0 Å². The second-order valence-corrected chi connectivity index (χ2v) is 7.53. The zero-order valence-electron chi connectivity index (χ0n) is 17.1. The molecule has 152 valence electrons. The average Bonchev–Trinajstić information content (AvgIpc) is 3.10. The van der Waals surface area contributed by atoms with Gasteiger partial charge >= 0.3 is 0 Å². The predicted molar refractivity (Wildman–Crippen MR) is 117 cm³/mol. The molecule has 0 radical (unpaired) electrons. The molecular weight excluding hydrogens is 377 g/mol. The minimum atomic E-state index is -0.319. The third-order valence-corrected chi connectivity index (χ3v) is 5.35. The number of amides is 1. The maximum Gasteiger partial charge on any atom is 0.225 e. The van der Waals surface area contributed by atoms with Crippen LogP contribution in [0.5, 0.6) is 0 Å². The largest absolute Gasteiger partial charge is 0.346 e. The van der Waals surface area contributed by atoms with Crippen molar-refractivity contribution in [2.45, 2.75) is 32.9 Å². The van der Waals surface area contributed by atoms with Gasteiger partial charge < -0.3 is 9.88 Å². The van der Waals surface area contributed by atoms with Gasteiger partial charge in [-0.05, 0) is 43.2 Å². The number of imidazole rings is 1. The highest BCUT2D eigenvalue weighted by Gasteiger charge is 2.19. The molecule has 1 atom stereocenters. The van der Waals surface area contributed by atoms with Crippen LogP contribution in [0.15, 0.2) is 72.8 Å². The van der Waals surface area contributed by atoms with Gasteiger partial charge in [-0.3, -0.25) is 4.79 Å². The second kappa shape index (κ2) is 8.49. The summed E-state index contributed by atoms with van der Waals surface area (Å²) in [5.41, 5.74) is 4.41. The van der Waals surface area contributed by atoms with E-state index in [1.807, 2.05) is 73.0 Å². The van der Waals surface area contributed by atoms with E-state index in [4.69, 9.17) is 4.98 Å². The van der Waals surface area contributed by atoms with Crippen LogP contribution in [-0.4, -0.2) is 15.5 Å². The maximum atomic E-state index is 14.3. The fourth-order valence-electron chi connectivity index (χ4n) is 3.73. The Hall–Kier alpha value is -3.47. The first kappa shape index (κ1) is 19.8. The number of nitrogens with zero attached hydrogens (tertiary/aromatic N) is 2. The standard InChI is InChI=1S/C25H24FN3O/c1-17-9-3-4-10-19(17)15-24(30)27-18(2)25-28-22-13-7-8-14-23(22)29(25)16-20-11-5-6-12-21(20)26/h3-14,18H,15-16H2,1-2H3,(H,27,30). The first-order valence-corrected chi connectivity index (χ1v) is 10.1. The summed E-state index contributed by atoms with van der Waals surface area (Å²) in [5, 5.41) is 3.06. The molecule has 0 aliphatic carbocycles. The third-order valence-electron chi connectivity index (χ3n) is 5.35.